The molecule has 0 unspecified atom stereocenters. The molecule has 1 amide bonds. The van der Waals surface area contributed by atoms with Crippen molar-refractivity contribution in [1.82, 2.24) is 19.6 Å². The molecule has 0 aliphatic carbocycles. The number of amides is 1. The Hall–Kier alpha value is -3.76. The average Bonchev–Trinajstić information content (AvgIpc) is 3.16. The van der Waals surface area contributed by atoms with Crippen LogP contribution in [-0.4, -0.2) is 75.9 Å². The van der Waals surface area contributed by atoms with Gasteiger partial charge in [-0.2, -0.15) is 0 Å². The largest absolute Gasteiger partial charge is 0.340 e. The van der Waals surface area contributed by atoms with Crippen molar-refractivity contribution < 1.29 is 9.72 Å². The number of nitrogens with zero attached hydrogens (tertiary/aromatic N) is 5. The standard InChI is InChI=1S/C25H27ClN6O4/c1-18-23(25(34)31(28-18)21-6-8-22(9-7-21)32(35)36)17-27-10-11-29-12-14-30(15-13-29)24(33)16-19-2-4-20(26)5-3-19/h2-9,17,28H,10-16H2,1H3. The predicted octanol–water partition coefficient (Wildman–Crippen LogP) is 2.84. The second-order valence-corrected chi connectivity index (χ2v) is 9.06. The van der Waals surface area contributed by atoms with Crippen molar-refractivity contribution in [2.45, 2.75) is 13.3 Å². The number of carbonyl (C=O) groups is 1. The number of benzene rings is 2. The van der Waals surface area contributed by atoms with E-state index >= 15 is 0 Å². The third-order valence-corrected chi connectivity index (χ3v) is 6.45. The van der Waals surface area contributed by atoms with Gasteiger partial charge in [0.1, 0.15) is 0 Å². The van der Waals surface area contributed by atoms with Crippen LogP contribution in [0.3, 0.4) is 0 Å². The molecule has 1 saturated heterocycles. The number of hydrogen-bond donors (Lipinski definition) is 1. The van der Waals surface area contributed by atoms with Crippen LogP contribution >= 0.6 is 11.6 Å². The lowest BCUT2D eigenvalue weighted by Gasteiger charge is -2.34. The lowest BCUT2D eigenvalue weighted by atomic mass is 10.1. The Labute approximate surface area is 212 Å². The van der Waals surface area contributed by atoms with Crippen LogP contribution in [0.1, 0.15) is 16.8 Å². The Bertz CT molecular complexity index is 1310. The van der Waals surface area contributed by atoms with E-state index in [2.05, 4.69) is 15.0 Å². The number of aliphatic imine (C=N–C) groups is 1. The Morgan fingerprint density at radius 2 is 1.78 bits per heavy atom. The molecule has 1 fully saturated rings. The van der Waals surface area contributed by atoms with Crippen LogP contribution in [-0.2, 0) is 11.2 Å². The Balaban J connectivity index is 1.26. The van der Waals surface area contributed by atoms with Crippen LogP contribution in [0.4, 0.5) is 5.69 Å². The molecule has 0 saturated carbocycles. The first-order valence-electron chi connectivity index (χ1n) is 11.6. The first kappa shape index (κ1) is 25.3. The van der Waals surface area contributed by atoms with E-state index in [1.54, 1.807) is 25.3 Å². The molecule has 3 aromatic rings. The fourth-order valence-corrected chi connectivity index (χ4v) is 4.21. The maximum atomic E-state index is 12.8. The summed E-state index contributed by atoms with van der Waals surface area (Å²) in [5.74, 6) is 0.113. The summed E-state index contributed by atoms with van der Waals surface area (Å²) in [4.78, 5) is 44.3. The van der Waals surface area contributed by atoms with Crippen LogP contribution in [0.25, 0.3) is 5.69 Å². The number of nitrogens with one attached hydrogen (secondary N) is 1. The lowest BCUT2D eigenvalue weighted by molar-refractivity contribution is -0.384. The van der Waals surface area contributed by atoms with Gasteiger partial charge in [0.2, 0.25) is 5.91 Å². The molecule has 0 bridgehead atoms. The van der Waals surface area contributed by atoms with Gasteiger partial charge in [-0.3, -0.25) is 34.7 Å². The first-order chi connectivity index (χ1) is 17.3. The highest BCUT2D eigenvalue weighted by Gasteiger charge is 2.21. The molecule has 0 atom stereocenters. The second kappa shape index (κ2) is 11.3. The van der Waals surface area contributed by atoms with E-state index in [1.807, 2.05) is 17.0 Å². The van der Waals surface area contributed by atoms with Crippen molar-refractivity contribution in [3.8, 4) is 5.69 Å². The minimum absolute atomic E-state index is 0.0383. The highest BCUT2D eigenvalue weighted by atomic mass is 35.5. The van der Waals surface area contributed by atoms with Gasteiger partial charge in [-0.25, -0.2) is 4.68 Å². The lowest BCUT2D eigenvalue weighted by Crippen LogP contribution is -2.49. The summed E-state index contributed by atoms with van der Waals surface area (Å²) in [5, 5.41) is 14.5. The summed E-state index contributed by atoms with van der Waals surface area (Å²) < 4.78 is 1.35. The maximum absolute atomic E-state index is 12.8. The molecule has 1 aliphatic rings. The monoisotopic (exact) mass is 510 g/mol. The summed E-state index contributed by atoms with van der Waals surface area (Å²) in [7, 11) is 0. The van der Waals surface area contributed by atoms with Crippen LogP contribution in [0.5, 0.6) is 0 Å². The third kappa shape index (κ3) is 6.07. The summed E-state index contributed by atoms with van der Waals surface area (Å²) in [5.41, 5.74) is 2.27. The molecule has 0 spiro atoms. The number of piperazine rings is 1. The van der Waals surface area contributed by atoms with Crippen LogP contribution in [0.2, 0.25) is 5.02 Å². The van der Waals surface area contributed by atoms with Gasteiger partial charge in [0, 0.05) is 61.8 Å². The second-order valence-electron chi connectivity index (χ2n) is 8.63. The Kier molecular flexibility index (Phi) is 7.97. The van der Waals surface area contributed by atoms with E-state index in [0.29, 0.717) is 48.0 Å². The molecule has 188 valence electrons. The van der Waals surface area contributed by atoms with Crippen molar-refractivity contribution in [3.63, 3.8) is 0 Å². The number of hydrogen-bond acceptors (Lipinski definition) is 6. The molecule has 2 aromatic carbocycles. The number of carbonyl (C=O) groups excluding carboxylic acids is 1. The zero-order valence-corrected chi connectivity index (χ0v) is 20.6. The van der Waals surface area contributed by atoms with Gasteiger partial charge in [-0.15, -0.1) is 0 Å². The highest BCUT2D eigenvalue weighted by Crippen LogP contribution is 2.15. The van der Waals surface area contributed by atoms with Gasteiger partial charge < -0.3 is 4.90 Å². The zero-order valence-electron chi connectivity index (χ0n) is 19.9. The first-order valence-corrected chi connectivity index (χ1v) is 12.0. The normalized spacial score (nSPS) is 14.4. The molecule has 36 heavy (non-hydrogen) atoms. The number of halogens is 1. The molecule has 11 heteroatoms. The number of nitro benzene ring substituents is 1. The van der Waals surface area contributed by atoms with Crippen molar-refractivity contribution >= 4 is 29.4 Å². The SMILES string of the molecule is Cc1[nH]n(-c2ccc([N+](=O)[O-])cc2)c(=O)c1C=NCCN1CCN(C(=O)Cc2ccc(Cl)cc2)CC1. The molecule has 1 aromatic heterocycles. The van der Waals surface area contributed by atoms with E-state index < -0.39 is 4.92 Å². The van der Waals surface area contributed by atoms with Gasteiger partial charge in [-0.1, -0.05) is 23.7 Å². The van der Waals surface area contributed by atoms with Crippen LogP contribution in [0, 0.1) is 17.0 Å². The smallest absolute Gasteiger partial charge is 0.280 e. The van der Waals surface area contributed by atoms with Crippen LogP contribution in [0.15, 0.2) is 58.3 Å². The van der Waals surface area contributed by atoms with Gasteiger partial charge in [0.25, 0.3) is 11.2 Å². The van der Waals surface area contributed by atoms with Crippen molar-refractivity contribution in [3.05, 3.63) is 90.8 Å². The van der Waals surface area contributed by atoms with Gasteiger partial charge >= 0.3 is 0 Å². The molecular weight excluding hydrogens is 484 g/mol. The minimum atomic E-state index is -0.482. The van der Waals surface area contributed by atoms with E-state index in [0.717, 1.165) is 25.2 Å². The van der Waals surface area contributed by atoms with Gasteiger partial charge in [0.15, 0.2) is 0 Å². The minimum Gasteiger partial charge on any atom is -0.340 e. The van der Waals surface area contributed by atoms with Gasteiger partial charge in [-0.05, 0) is 36.8 Å². The number of aromatic nitrogens is 2. The van der Waals surface area contributed by atoms with Crippen molar-refractivity contribution in [1.29, 1.82) is 0 Å². The molecular formula is C25H27ClN6O4. The zero-order chi connectivity index (χ0) is 25.7. The summed E-state index contributed by atoms with van der Waals surface area (Å²) >= 11 is 5.91. The fraction of sp³-hybridized carbons (Fsp3) is 0.320. The number of rotatable bonds is 8. The highest BCUT2D eigenvalue weighted by molar-refractivity contribution is 6.30. The maximum Gasteiger partial charge on any atom is 0.280 e. The predicted molar refractivity (Wildman–Crippen MR) is 138 cm³/mol. The molecule has 4 rings (SSSR count). The van der Waals surface area contributed by atoms with Crippen LogP contribution < -0.4 is 5.56 Å². The summed E-state index contributed by atoms with van der Waals surface area (Å²) in [6.45, 7) is 5.94. The van der Waals surface area contributed by atoms with E-state index in [1.165, 1.54) is 28.9 Å². The number of non-ortho nitro benzene ring substituents is 1. The Morgan fingerprint density at radius 3 is 2.42 bits per heavy atom. The fourth-order valence-electron chi connectivity index (χ4n) is 4.08. The number of aromatic amines is 1. The molecule has 1 aliphatic heterocycles. The number of H-pyrrole nitrogens is 1. The van der Waals surface area contributed by atoms with Gasteiger partial charge in [0.05, 0.1) is 29.1 Å². The molecule has 10 nitrogen and oxygen atoms in total. The number of aryl methyl sites for hydroxylation is 1. The average molecular weight is 511 g/mol. The molecule has 1 N–H and O–H groups in total. The molecule has 2 heterocycles. The summed E-state index contributed by atoms with van der Waals surface area (Å²) in [6, 6.07) is 13.1. The van der Waals surface area contributed by atoms with E-state index in [-0.39, 0.29) is 17.2 Å². The topological polar surface area (TPSA) is 117 Å². The van der Waals surface area contributed by atoms with Crippen molar-refractivity contribution in [2.24, 2.45) is 4.99 Å². The van der Waals surface area contributed by atoms with Crippen molar-refractivity contribution in [2.75, 3.05) is 39.3 Å². The molecule has 0 radical (unpaired) electrons. The van der Waals surface area contributed by atoms with E-state index in [4.69, 9.17) is 11.6 Å². The number of nitro groups is 1. The summed E-state index contributed by atoms with van der Waals surface area (Å²) in [6.07, 6.45) is 1.94. The third-order valence-electron chi connectivity index (χ3n) is 6.20. The quantitative estimate of drug-likeness (QED) is 0.284. The Morgan fingerprint density at radius 1 is 1.11 bits per heavy atom. The van der Waals surface area contributed by atoms with E-state index in [9.17, 15) is 19.7 Å².